The van der Waals surface area contributed by atoms with Crippen LogP contribution in [0.2, 0.25) is 0 Å². The van der Waals surface area contributed by atoms with E-state index in [0.717, 1.165) is 23.4 Å². The van der Waals surface area contributed by atoms with E-state index in [4.69, 9.17) is 0 Å². The molecule has 0 atom stereocenters. The largest absolute Gasteiger partial charge is 0.331 e. The molecule has 2 amide bonds. The van der Waals surface area contributed by atoms with Gasteiger partial charge >= 0.3 is 6.03 Å². The summed E-state index contributed by atoms with van der Waals surface area (Å²) in [6, 6.07) is 6.47. The smallest absolute Gasteiger partial charge is 0.318 e. The van der Waals surface area contributed by atoms with Crippen molar-refractivity contribution >= 4 is 17.1 Å². The lowest BCUT2D eigenvalue weighted by Gasteiger charge is -2.27. The van der Waals surface area contributed by atoms with Gasteiger partial charge < -0.3 is 14.8 Å². The third kappa shape index (κ3) is 3.49. The summed E-state index contributed by atoms with van der Waals surface area (Å²) in [5, 5.41) is 3.03. The number of aromatic nitrogens is 2. The molecule has 1 saturated carbocycles. The number of rotatable bonds is 5. The Balaban J connectivity index is 1.69. The molecule has 23 heavy (non-hydrogen) atoms. The van der Waals surface area contributed by atoms with Gasteiger partial charge in [-0.2, -0.15) is 0 Å². The monoisotopic (exact) mass is 314 g/mol. The Morgan fingerprint density at radius 1 is 1.43 bits per heavy atom. The highest BCUT2D eigenvalue weighted by atomic mass is 16.2. The lowest BCUT2D eigenvalue weighted by molar-refractivity contribution is 0.179. The first-order valence-electron chi connectivity index (χ1n) is 8.42. The molecule has 0 unspecified atom stereocenters. The Hall–Kier alpha value is -2.04. The fourth-order valence-corrected chi connectivity index (χ4v) is 2.88. The van der Waals surface area contributed by atoms with Gasteiger partial charge in [-0.1, -0.05) is 6.07 Å². The van der Waals surface area contributed by atoms with E-state index in [1.54, 1.807) is 0 Å². The Morgan fingerprint density at radius 3 is 2.83 bits per heavy atom. The Labute approximate surface area is 137 Å². The van der Waals surface area contributed by atoms with E-state index in [2.05, 4.69) is 53.8 Å². The maximum atomic E-state index is 12.5. The number of aryl methyl sites for hydroxylation is 2. The Bertz CT molecular complexity index is 715. The highest BCUT2D eigenvalue weighted by Crippen LogP contribution is 2.30. The summed E-state index contributed by atoms with van der Waals surface area (Å²) in [5.41, 5.74) is 3.27. The summed E-state index contributed by atoms with van der Waals surface area (Å²) < 4.78 is 2.05. The van der Waals surface area contributed by atoms with Crippen LogP contribution in [0.1, 0.15) is 38.1 Å². The van der Waals surface area contributed by atoms with Crippen LogP contribution in [-0.4, -0.2) is 33.1 Å². The predicted molar refractivity (Wildman–Crippen MR) is 92.3 cm³/mol. The molecule has 5 nitrogen and oxygen atoms in total. The molecule has 0 spiro atoms. The molecule has 1 aliphatic carbocycles. The molecule has 0 bridgehead atoms. The lowest BCUT2D eigenvalue weighted by atomic mass is 10.2. The SMILES string of the molecule is Cc1ccc2c(c1)nc(CNC(=O)N(CC1CC1)C(C)C)n2C. The second-order valence-corrected chi connectivity index (χ2v) is 6.93. The van der Waals surface area contributed by atoms with E-state index >= 15 is 0 Å². The molecule has 0 radical (unpaired) electrons. The van der Waals surface area contributed by atoms with Crippen molar-refractivity contribution in [1.82, 2.24) is 19.8 Å². The number of carbonyl (C=O) groups excluding carboxylic acids is 1. The van der Waals surface area contributed by atoms with Gasteiger partial charge in [-0.15, -0.1) is 0 Å². The van der Waals surface area contributed by atoms with E-state index in [-0.39, 0.29) is 12.1 Å². The van der Waals surface area contributed by atoms with E-state index in [1.165, 1.54) is 18.4 Å². The maximum absolute atomic E-state index is 12.5. The first-order valence-corrected chi connectivity index (χ1v) is 8.42. The van der Waals surface area contributed by atoms with Gasteiger partial charge in [-0.3, -0.25) is 0 Å². The zero-order chi connectivity index (χ0) is 16.6. The number of benzene rings is 1. The number of nitrogens with zero attached hydrogens (tertiary/aromatic N) is 3. The van der Waals surface area contributed by atoms with Crippen molar-refractivity contribution in [2.24, 2.45) is 13.0 Å². The van der Waals surface area contributed by atoms with Crippen molar-refractivity contribution in [3.8, 4) is 0 Å². The van der Waals surface area contributed by atoms with E-state index in [9.17, 15) is 4.79 Å². The van der Waals surface area contributed by atoms with Gasteiger partial charge in [0.05, 0.1) is 17.6 Å². The molecule has 124 valence electrons. The van der Waals surface area contributed by atoms with Gasteiger partial charge in [-0.05, 0) is 57.2 Å². The molecule has 1 aromatic carbocycles. The fraction of sp³-hybridized carbons (Fsp3) is 0.556. The van der Waals surface area contributed by atoms with Crippen molar-refractivity contribution in [3.63, 3.8) is 0 Å². The molecule has 1 aromatic heterocycles. The highest BCUT2D eigenvalue weighted by molar-refractivity contribution is 5.77. The van der Waals surface area contributed by atoms with Crippen LogP contribution >= 0.6 is 0 Å². The molecule has 0 saturated heterocycles. The zero-order valence-corrected chi connectivity index (χ0v) is 14.5. The molecule has 5 heteroatoms. The van der Waals surface area contributed by atoms with Crippen LogP contribution in [0, 0.1) is 12.8 Å². The lowest BCUT2D eigenvalue weighted by Crippen LogP contribution is -2.45. The molecule has 3 rings (SSSR count). The minimum atomic E-state index is 0.00939. The zero-order valence-electron chi connectivity index (χ0n) is 14.5. The van der Waals surface area contributed by atoms with E-state index in [0.29, 0.717) is 12.5 Å². The average molecular weight is 314 g/mol. The fourth-order valence-electron chi connectivity index (χ4n) is 2.88. The highest BCUT2D eigenvalue weighted by Gasteiger charge is 2.28. The van der Waals surface area contributed by atoms with Gasteiger partial charge in [0.2, 0.25) is 0 Å². The summed E-state index contributed by atoms with van der Waals surface area (Å²) >= 11 is 0. The summed E-state index contributed by atoms with van der Waals surface area (Å²) in [7, 11) is 2.00. The third-order valence-electron chi connectivity index (χ3n) is 4.56. The maximum Gasteiger partial charge on any atom is 0.318 e. The molecule has 0 aliphatic heterocycles. The molecular weight excluding hydrogens is 288 g/mol. The predicted octanol–water partition coefficient (Wildman–Crippen LogP) is 3.21. The van der Waals surface area contributed by atoms with Crippen LogP contribution < -0.4 is 5.32 Å². The van der Waals surface area contributed by atoms with Crippen LogP contribution in [-0.2, 0) is 13.6 Å². The van der Waals surface area contributed by atoms with Gasteiger partial charge in [0.15, 0.2) is 0 Å². The van der Waals surface area contributed by atoms with Gasteiger partial charge in [0, 0.05) is 19.6 Å². The number of nitrogens with one attached hydrogen (secondary N) is 1. The minimum absolute atomic E-state index is 0.00939. The quantitative estimate of drug-likeness (QED) is 0.921. The number of carbonyl (C=O) groups is 1. The number of amides is 2. The summed E-state index contributed by atoms with van der Waals surface area (Å²) in [6.45, 7) is 7.52. The van der Waals surface area contributed by atoms with E-state index in [1.807, 2.05) is 11.9 Å². The second-order valence-electron chi connectivity index (χ2n) is 6.93. The van der Waals surface area contributed by atoms with Crippen LogP contribution in [0.15, 0.2) is 18.2 Å². The Kier molecular flexibility index (Phi) is 4.28. The topological polar surface area (TPSA) is 50.2 Å². The minimum Gasteiger partial charge on any atom is -0.331 e. The number of fused-ring (bicyclic) bond motifs is 1. The van der Waals surface area contributed by atoms with Crippen LogP contribution in [0.4, 0.5) is 4.79 Å². The van der Waals surface area contributed by atoms with Crippen molar-refractivity contribution in [1.29, 1.82) is 0 Å². The molecular formula is C18H26N4O. The Morgan fingerprint density at radius 2 is 2.17 bits per heavy atom. The molecule has 1 N–H and O–H groups in total. The first-order chi connectivity index (χ1) is 11.0. The first kappa shape index (κ1) is 15.8. The third-order valence-corrected chi connectivity index (χ3v) is 4.56. The molecule has 2 aromatic rings. The van der Waals surface area contributed by atoms with Crippen LogP contribution in [0.25, 0.3) is 11.0 Å². The molecule has 1 fully saturated rings. The van der Waals surface area contributed by atoms with Crippen LogP contribution in [0.3, 0.4) is 0 Å². The van der Waals surface area contributed by atoms with Crippen molar-refractivity contribution in [3.05, 3.63) is 29.6 Å². The standard InChI is InChI=1S/C18H26N4O/c1-12(2)22(11-14-6-7-14)18(23)19-10-17-20-15-9-13(3)5-8-16(15)21(17)4/h5,8-9,12,14H,6-7,10-11H2,1-4H3,(H,19,23). The second kappa shape index (κ2) is 6.22. The van der Waals surface area contributed by atoms with Crippen molar-refractivity contribution < 1.29 is 4.79 Å². The summed E-state index contributed by atoms with van der Waals surface area (Å²) in [6.07, 6.45) is 2.50. The van der Waals surface area contributed by atoms with E-state index < -0.39 is 0 Å². The van der Waals surface area contributed by atoms with Crippen molar-refractivity contribution in [2.45, 2.75) is 46.2 Å². The number of urea groups is 1. The van der Waals surface area contributed by atoms with Crippen LogP contribution in [0.5, 0.6) is 0 Å². The van der Waals surface area contributed by atoms with Gasteiger partial charge in [-0.25, -0.2) is 9.78 Å². The van der Waals surface area contributed by atoms with Crippen molar-refractivity contribution in [2.75, 3.05) is 6.54 Å². The number of imidazole rings is 1. The molecule has 1 heterocycles. The molecule has 1 aliphatic rings. The summed E-state index contributed by atoms with van der Waals surface area (Å²) in [5.74, 6) is 1.58. The van der Waals surface area contributed by atoms with Gasteiger partial charge in [0.25, 0.3) is 0 Å². The van der Waals surface area contributed by atoms with Gasteiger partial charge in [0.1, 0.15) is 5.82 Å². The number of hydrogen-bond acceptors (Lipinski definition) is 2. The summed E-state index contributed by atoms with van der Waals surface area (Å²) in [4.78, 5) is 19.1. The normalized spacial score (nSPS) is 14.5. The number of hydrogen-bond donors (Lipinski definition) is 1. The average Bonchev–Trinajstić information content (AvgIpc) is 3.27.